The van der Waals surface area contributed by atoms with E-state index in [9.17, 15) is 8.42 Å². The lowest BCUT2D eigenvalue weighted by molar-refractivity contribution is 0.407. The van der Waals surface area contributed by atoms with Crippen LogP contribution in [-0.4, -0.2) is 8.42 Å². The average Bonchev–Trinajstić information content (AvgIpc) is 3.06. The van der Waals surface area contributed by atoms with Crippen LogP contribution < -0.4 is 30.4 Å². The highest BCUT2D eigenvalue weighted by atomic mass is 32.2. The molecule has 6 aromatic carbocycles. The number of anilines is 2. The molecule has 8 nitrogen and oxygen atoms in total. The molecule has 0 radical (unpaired) electrons. The summed E-state index contributed by atoms with van der Waals surface area (Å²) in [5.41, 5.74) is 12.8. The Balaban J connectivity index is 1.29. The van der Waals surface area contributed by atoms with E-state index in [2.05, 4.69) is 0 Å². The molecule has 0 fully saturated rings. The molecule has 0 saturated carbocycles. The van der Waals surface area contributed by atoms with Crippen molar-refractivity contribution < 1.29 is 27.4 Å². The van der Waals surface area contributed by atoms with Crippen molar-refractivity contribution in [2.24, 2.45) is 0 Å². The molecular weight excluding hydrogens is 588 g/mol. The van der Waals surface area contributed by atoms with Crippen LogP contribution in [0.5, 0.6) is 46.0 Å². The van der Waals surface area contributed by atoms with E-state index in [1.807, 2.05) is 0 Å². The van der Waals surface area contributed by atoms with Gasteiger partial charge in [0.1, 0.15) is 39.4 Å². The van der Waals surface area contributed by atoms with E-state index in [4.69, 9.17) is 30.4 Å². The van der Waals surface area contributed by atoms with E-state index in [-0.39, 0.29) is 21.3 Å². The summed E-state index contributed by atoms with van der Waals surface area (Å²) in [6.45, 7) is 0. The quantitative estimate of drug-likeness (QED) is 0.146. The van der Waals surface area contributed by atoms with E-state index in [0.29, 0.717) is 45.9 Å². The van der Waals surface area contributed by atoms with Gasteiger partial charge in [-0.3, -0.25) is 0 Å². The van der Waals surface area contributed by atoms with Crippen molar-refractivity contribution in [3.8, 4) is 46.0 Å². The molecule has 0 aliphatic carbocycles. The molecule has 0 spiro atoms. The fourth-order valence-electron chi connectivity index (χ4n) is 4.36. The minimum Gasteiger partial charge on any atom is -0.457 e. The van der Waals surface area contributed by atoms with Gasteiger partial charge in [-0.25, -0.2) is 8.42 Å². The molecule has 4 N–H and O–H groups in total. The molecule has 6 aromatic rings. The third-order valence-corrected chi connectivity index (χ3v) is 8.41. The van der Waals surface area contributed by atoms with Crippen LogP contribution in [-0.2, 0) is 9.84 Å². The Kier molecular flexibility index (Phi) is 8.26. The number of hydrogen-bond donors (Lipinski definition) is 2. The van der Waals surface area contributed by atoms with Crippen LogP contribution >= 0.6 is 0 Å². The molecule has 0 aliphatic heterocycles. The van der Waals surface area contributed by atoms with E-state index in [1.165, 1.54) is 18.2 Å². The molecule has 0 aromatic heterocycles. The molecule has 0 aliphatic rings. The molecule has 0 atom stereocenters. The Morgan fingerprint density at radius 2 is 0.800 bits per heavy atom. The number of ether oxygens (including phenoxy) is 4. The van der Waals surface area contributed by atoms with Crippen molar-refractivity contribution in [3.05, 3.63) is 146 Å². The first kappa shape index (κ1) is 29.2. The number of nitrogens with two attached hydrogens (primary N) is 2. The first-order valence-corrected chi connectivity index (χ1v) is 15.4. The second-order valence-electron chi connectivity index (χ2n) is 9.89. The van der Waals surface area contributed by atoms with Crippen LogP contribution in [0.1, 0.15) is 0 Å². The van der Waals surface area contributed by atoms with Crippen molar-refractivity contribution in [2.75, 3.05) is 11.5 Å². The zero-order valence-electron chi connectivity index (χ0n) is 23.9. The van der Waals surface area contributed by atoms with Gasteiger partial charge in [-0.1, -0.05) is 24.3 Å². The summed E-state index contributed by atoms with van der Waals surface area (Å²) in [6.07, 6.45) is 0. The van der Waals surface area contributed by atoms with Crippen molar-refractivity contribution in [1.29, 1.82) is 0 Å². The number of sulfone groups is 1. The van der Waals surface area contributed by atoms with Gasteiger partial charge in [-0.2, -0.15) is 0 Å². The van der Waals surface area contributed by atoms with Crippen LogP contribution in [0.2, 0.25) is 0 Å². The van der Waals surface area contributed by atoms with Crippen LogP contribution in [0.15, 0.2) is 155 Å². The number of rotatable bonds is 10. The second kappa shape index (κ2) is 12.7. The van der Waals surface area contributed by atoms with E-state index in [1.54, 1.807) is 127 Å². The van der Waals surface area contributed by atoms with Gasteiger partial charge >= 0.3 is 0 Å². The maximum atomic E-state index is 13.8. The van der Waals surface area contributed by atoms with Crippen molar-refractivity contribution in [2.45, 2.75) is 9.79 Å². The smallest absolute Gasteiger partial charge is 0.210 e. The van der Waals surface area contributed by atoms with Crippen molar-refractivity contribution in [1.82, 2.24) is 0 Å². The van der Waals surface area contributed by atoms with E-state index >= 15 is 0 Å². The van der Waals surface area contributed by atoms with Crippen LogP contribution in [0, 0.1) is 0 Å². The van der Waals surface area contributed by atoms with Gasteiger partial charge in [-0.05, 0) is 121 Å². The third kappa shape index (κ3) is 7.01. The molecular formula is C36H28N2O6S. The van der Waals surface area contributed by atoms with Gasteiger partial charge in [0, 0.05) is 11.4 Å². The number of benzene rings is 6. The Morgan fingerprint density at radius 3 is 1.27 bits per heavy atom. The third-order valence-electron chi connectivity index (χ3n) is 6.61. The van der Waals surface area contributed by atoms with Crippen molar-refractivity contribution >= 4 is 21.2 Å². The maximum Gasteiger partial charge on any atom is 0.210 e. The highest BCUT2D eigenvalue weighted by molar-refractivity contribution is 7.91. The minimum atomic E-state index is -3.97. The van der Waals surface area contributed by atoms with Gasteiger partial charge in [0.2, 0.25) is 9.84 Å². The molecule has 0 unspecified atom stereocenters. The fraction of sp³-hybridized carbons (Fsp3) is 0. The Bertz CT molecular complexity index is 2000. The summed E-state index contributed by atoms with van der Waals surface area (Å²) >= 11 is 0. The molecule has 6 rings (SSSR count). The molecule has 45 heavy (non-hydrogen) atoms. The monoisotopic (exact) mass is 616 g/mol. The van der Waals surface area contributed by atoms with Crippen LogP contribution in [0.4, 0.5) is 11.4 Å². The van der Waals surface area contributed by atoms with Gasteiger partial charge in [0.25, 0.3) is 0 Å². The largest absolute Gasteiger partial charge is 0.457 e. The first-order chi connectivity index (χ1) is 21.8. The molecule has 0 saturated heterocycles. The summed E-state index contributed by atoms with van der Waals surface area (Å²) < 4.78 is 51.8. The number of hydrogen-bond acceptors (Lipinski definition) is 8. The lowest BCUT2D eigenvalue weighted by atomic mass is 10.2. The second-order valence-corrected chi connectivity index (χ2v) is 11.8. The number of para-hydroxylation sites is 1. The maximum absolute atomic E-state index is 13.8. The fourth-order valence-corrected chi connectivity index (χ4v) is 5.77. The summed E-state index contributed by atoms with van der Waals surface area (Å²) in [4.78, 5) is 0.0834. The van der Waals surface area contributed by atoms with Crippen LogP contribution in [0.3, 0.4) is 0 Å². The molecule has 9 heteroatoms. The Morgan fingerprint density at radius 1 is 0.400 bits per heavy atom. The standard InChI is InChI=1S/C36H28N2O6S/c37-25-9-13-27(14-10-25)41-29-17-21-31(22-18-29)43-34-7-4-8-35(45(39,40)33-5-2-1-3-6-33)36(34)44-32-23-19-30(20-24-32)42-28-15-11-26(38)12-16-28/h1-24H,37-38H2. The minimum absolute atomic E-state index is 0.0377. The zero-order chi connectivity index (χ0) is 31.2. The molecule has 0 bridgehead atoms. The normalized spacial score (nSPS) is 11.0. The molecule has 224 valence electrons. The van der Waals surface area contributed by atoms with E-state index < -0.39 is 9.84 Å². The van der Waals surface area contributed by atoms with E-state index in [0.717, 1.165) is 0 Å². The van der Waals surface area contributed by atoms with Gasteiger partial charge in [0.15, 0.2) is 11.5 Å². The summed E-state index contributed by atoms with van der Waals surface area (Å²) in [7, 11) is -3.97. The zero-order valence-corrected chi connectivity index (χ0v) is 24.7. The predicted octanol–water partition coefficient (Wildman–Crippen LogP) is 8.85. The summed E-state index contributed by atoms with van der Waals surface area (Å²) in [6, 6.07) is 40.8. The Hall–Kier alpha value is -5.93. The molecule has 0 heterocycles. The SMILES string of the molecule is Nc1ccc(Oc2ccc(Oc3cccc(S(=O)(=O)c4ccccc4)c3Oc3ccc(Oc4ccc(N)cc4)cc3)cc2)cc1. The first-order valence-electron chi connectivity index (χ1n) is 13.9. The topological polar surface area (TPSA) is 123 Å². The molecule has 0 amide bonds. The lowest BCUT2D eigenvalue weighted by Gasteiger charge is -2.17. The predicted molar refractivity (Wildman–Crippen MR) is 173 cm³/mol. The van der Waals surface area contributed by atoms with Gasteiger partial charge < -0.3 is 30.4 Å². The van der Waals surface area contributed by atoms with Crippen LogP contribution in [0.25, 0.3) is 0 Å². The lowest BCUT2D eigenvalue weighted by Crippen LogP contribution is -2.05. The Labute approximate surface area is 260 Å². The average molecular weight is 617 g/mol. The van der Waals surface area contributed by atoms with Crippen molar-refractivity contribution in [3.63, 3.8) is 0 Å². The highest BCUT2D eigenvalue weighted by Crippen LogP contribution is 2.42. The summed E-state index contributed by atoms with van der Waals surface area (Å²) in [5, 5.41) is 0. The highest BCUT2D eigenvalue weighted by Gasteiger charge is 2.26. The van der Waals surface area contributed by atoms with Gasteiger partial charge in [0.05, 0.1) is 4.90 Å². The number of nitrogen functional groups attached to an aromatic ring is 2. The van der Waals surface area contributed by atoms with Gasteiger partial charge in [-0.15, -0.1) is 0 Å². The summed E-state index contributed by atoms with van der Waals surface area (Å²) in [5.74, 6) is 3.49.